The number of carbonyl (C=O) groups excluding carboxylic acids is 1. The van der Waals surface area contributed by atoms with Gasteiger partial charge in [-0.2, -0.15) is 0 Å². The van der Waals surface area contributed by atoms with Crippen LogP contribution in [0.25, 0.3) is 0 Å². The van der Waals surface area contributed by atoms with E-state index in [0.717, 1.165) is 25.9 Å². The lowest BCUT2D eigenvalue weighted by Gasteiger charge is -2.34. The standard InChI is InChI=1S/C15H20ClFN2O/c1-2-19(13-5-7-18-8-6-13)15(20)9-11-3-4-12(17)10-14(11)16/h3-4,10,13,18H,2,5-9H2,1H3. The quantitative estimate of drug-likeness (QED) is 0.927. The smallest absolute Gasteiger partial charge is 0.227 e. The minimum Gasteiger partial charge on any atom is -0.340 e. The van der Waals surface area contributed by atoms with Crippen LogP contribution in [0.3, 0.4) is 0 Å². The highest BCUT2D eigenvalue weighted by atomic mass is 35.5. The first-order chi connectivity index (χ1) is 9.61. The van der Waals surface area contributed by atoms with E-state index in [9.17, 15) is 9.18 Å². The molecule has 0 aliphatic carbocycles. The van der Waals surface area contributed by atoms with Gasteiger partial charge in [-0.3, -0.25) is 4.79 Å². The van der Waals surface area contributed by atoms with Gasteiger partial charge in [-0.25, -0.2) is 4.39 Å². The third-order valence-corrected chi connectivity index (χ3v) is 4.12. The largest absolute Gasteiger partial charge is 0.340 e. The number of benzene rings is 1. The Balaban J connectivity index is 2.04. The molecular weight excluding hydrogens is 279 g/mol. The van der Waals surface area contributed by atoms with E-state index in [1.165, 1.54) is 12.1 Å². The fraction of sp³-hybridized carbons (Fsp3) is 0.533. The summed E-state index contributed by atoms with van der Waals surface area (Å²) in [5.41, 5.74) is 0.686. The molecule has 0 aromatic heterocycles. The zero-order valence-corrected chi connectivity index (χ0v) is 12.4. The van der Waals surface area contributed by atoms with Crippen LogP contribution in [0.2, 0.25) is 5.02 Å². The molecule has 0 unspecified atom stereocenters. The molecule has 1 N–H and O–H groups in total. The van der Waals surface area contributed by atoms with Crippen molar-refractivity contribution < 1.29 is 9.18 Å². The molecule has 0 spiro atoms. The van der Waals surface area contributed by atoms with Gasteiger partial charge in [0.2, 0.25) is 5.91 Å². The predicted molar refractivity (Wildman–Crippen MR) is 78.4 cm³/mol. The SMILES string of the molecule is CCN(C(=O)Cc1ccc(F)cc1Cl)C1CCNCC1. The van der Waals surface area contributed by atoms with Gasteiger partial charge in [-0.05, 0) is 50.6 Å². The topological polar surface area (TPSA) is 32.3 Å². The first kappa shape index (κ1) is 15.3. The Labute approximate surface area is 124 Å². The zero-order valence-electron chi connectivity index (χ0n) is 11.7. The number of piperidine rings is 1. The number of nitrogens with zero attached hydrogens (tertiary/aromatic N) is 1. The molecule has 0 bridgehead atoms. The van der Waals surface area contributed by atoms with Gasteiger partial charge in [0.15, 0.2) is 0 Å². The number of amides is 1. The van der Waals surface area contributed by atoms with E-state index in [1.54, 1.807) is 6.07 Å². The lowest BCUT2D eigenvalue weighted by Crippen LogP contribution is -2.46. The van der Waals surface area contributed by atoms with E-state index in [-0.39, 0.29) is 18.1 Å². The first-order valence-corrected chi connectivity index (χ1v) is 7.43. The van der Waals surface area contributed by atoms with E-state index in [0.29, 0.717) is 23.2 Å². The molecule has 5 heteroatoms. The fourth-order valence-electron chi connectivity index (χ4n) is 2.69. The Morgan fingerprint density at radius 2 is 2.15 bits per heavy atom. The van der Waals surface area contributed by atoms with Crippen LogP contribution in [-0.4, -0.2) is 36.5 Å². The number of hydrogen-bond acceptors (Lipinski definition) is 2. The summed E-state index contributed by atoms with van der Waals surface area (Å²) in [7, 11) is 0. The monoisotopic (exact) mass is 298 g/mol. The van der Waals surface area contributed by atoms with Gasteiger partial charge >= 0.3 is 0 Å². The van der Waals surface area contributed by atoms with Gasteiger partial charge in [0.25, 0.3) is 0 Å². The number of hydrogen-bond donors (Lipinski definition) is 1. The van der Waals surface area contributed by atoms with E-state index in [1.807, 2.05) is 11.8 Å². The Bertz CT molecular complexity index is 475. The molecule has 110 valence electrons. The summed E-state index contributed by atoms with van der Waals surface area (Å²) in [4.78, 5) is 14.4. The summed E-state index contributed by atoms with van der Waals surface area (Å²) >= 11 is 5.99. The first-order valence-electron chi connectivity index (χ1n) is 7.06. The van der Waals surface area contributed by atoms with Crippen molar-refractivity contribution >= 4 is 17.5 Å². The number of nitrogens with one attached hydrogen (secondary N) is 1. The van der Waals surface area contributed by atoms with Gasteiger partial charge in [-0.1, -0.05) is 17.7 Å². The Morgan fingerprint density at radius 3 is 2.75 bits per heavy atom. The maximum atomic E-state index is 13.0. The normalized spacial score (nSPS) is 16.1. The van der Waals surface area contributed by atoms with Crippen LogP contribution in [0.5, 0.6) is 0 Å². The highest BCUT2D eigenvalue weighted by molar-refractivity contribution is 6.31. The Morgan fingerprint density at radius 1 is 1.45 bits per heavy atom. The van der Waals surface area contributed by atoms with Gasteiger partial charge in [0.05, 0.1) is 6.42 Å². The minimum atomic E-state index is -0.378. The molecule has 3 nitrogen and oxygen atoms in total. The molecule has 1 aliphatic rings. The molecule has 1 heterocycles. The second-order valence-corrected chi connectivity index (χ2v) is 5.48. The second-order valence-electron chi connectivity index (χ2n) is 5.07. The van der Waals surface area contributed by atoms with Crippen molar-refractivity contribution in [2.45, 2.75) is 32.2 Å². The highest BCUT2D eigenvalue weighted by Gasteiger charge is 2.24. The maximum absolute atomic E-state index is 13.0. The van der Waals surface area contributed by atoms with Gasteiger partial charge in [0.1, 0.15) is 5.82 Å². The molecular formula is C15H20ClFN2O. The summed E-state index contributed by atoms with van der Waals surface area (Å²) in [6.07, 6.45) is 2.20. The van der Waals surface area contributed by atoms with E-state index in [2.05, 4.69) is 5.32 Å². The van der Waals surface area contributed by atoms with Crippen molar-refractivity contribution in [2.75, 3.05) is 19.6 Å². The molecule has 20 heavy (non-hydrogen) atoms. The van der Waals surface area contributed by atoms with Crippen molar-refractivity contribution in [2.24, 2.45) is 0 Å². The molecule has 0 saturated carbocycles. The highest BCUT2D eigenvalue weighted by Crippen LogP contribution is 2.20. The summed E-state index contributed by atoms with van der Waals surface area (Å²) in [6, 6.07) is 4.49. The molecule has 1 aromatic carbocycles. The molecule has 1 saturated heterocycles. The lowest BCUT2D eigenvalue weighted by molar-refractivity contribution is -0.133. The third-order valence-electron chi connectivity index (χ3n) is 3.77. The molecule has 0 radical (unpaired) electrons. The summed E-state index contributed by atoms with van der Waals surface area (Å²) in [5.74, 6) is -0.315. The van der Waals surface area contributed by atoms with Crippen molar-refractivity contribution in [3.05, 3.63) is 34.6 Å². The summed E-state index contributed by atoms with van der Waals surface area (Å²) < 4.78 is 13.0. The fourth-order valence-corrected chi connectivity index (χ4v) is 2.92. The maximum Gasteiger partial charge on any atom is 0.227 e. The van der Waals surface area contributed by atoms with Gasteiger partial charge < -0.3 is 10.2 Å². The molecule has 1 fully saturated rings. The molecule has 0 atom stereocenters. The van der Waals surface area contributed by atoms with Crippen LogP contribution in [-0.2, 0) is 11.2 Å². The van der Waals surface area contributed by atoms with Crippen molar-refractivity contribution in [3.63, 3.8) is 0 Å². The van der Waals surface area contributed by atoms with E-state index in [4.69, 9.17) is 11.6 Å². The molecule has 1 aliphatic heterocycles. The lowest BCUT2D eigenvalue weighted by atomic mass is 10.0. The zero-order chi connectivity index (χ0) is 14.5. The average molecular weight is 299 g/mol. The van der Waals surface area contributed by atoms with Gasteiger partial charge in [-0.15, -0.1) is 0 Å². The van der Waals surface area contributed by atoms with Crippen molar-refractivity contribution in [1.82, 2.24) is 10.2 Å². The number of halogens is 2. The van der Waals surface area contributed by atoms with Crippen LogP contribution in [0.4, 0.5) is 4.39 Å². The van der Waals surface area contributed by atoms with Crippen molar-refractivity contribution in [1.29, 1.82) is 0 Å². The molecule has 2 rings (SSSR count). The van der Waals surface area contributed by atoms with Crippen molar-refractivity contribution in [3.8, 4) is 0 Å². The van der Waals surface area contributed by atoms with Gasteiger partial charge in [0, 0.05) is 17.6 Å². The van der Waals surface area contributed by atoms with E-state index < -0.39 is 0 Å². The number of rotatable bonds is 4. The minimum absolute atomic E-state index is 0.0629. The summed E-state index contributed by atoms with van der Waals surface area (Å²) in [6.45, 7) is 4.59. The Hall–Kier alpha value is -1.13. The Kier molecular flexibility index (Phi) is 5.38. The van der Waals surface area contributed by atoms with Crippen LogP contribution in [0.1, 0.15) is 25.3 Å². The number of carbonyl (C=O) groups is 1. The van der Waals surface area contributed by atoms with Crippen LogP contribution in [0.15, 0.2) is 18.2 Å². The van der Waals surface area contributed by atoms with Crippen LogP contribution < -0.4 is 5.32 Å². The van der Waals surface area contributed by atoms with Crippen LogP contribution in [0, 0.1) is 5.82 Å². The molecule has 1 amide bonds. The second kappa shape index (κ2) is 7.04. The van der Waals surface area contributed by atoms with Crippen LogP contribution >= 0.6 is 11.6 Å². The average Bonchev–Trinajstić information content (AvgIpc) is 2.44. The molecule has 1 aromatic rings. The third kappa shape index (κ3) is 3.70. The summed E-state index contributed by atoms with van der Waals surface area (Å²) in [5, 5.41) is 3.62. The predicted octanol–water partition coefficient (Wildman–Crippen LogP) is 2.62. The number of likely N-dealkylation sites (N-methyl/N-ethyl adjacent to an activating group) is 1. The van der Waals surface area contributed by atoms with E-state index >= 15 is 0 Å².